The zero-order chi connectivity index (χ0) is 20.8. The Labute approximate surface area is 170 Å². The molecule has 0 aliphatic carbocycles. The van der Waals surface area contributed by atoms with Gasteiger partial charge in [0.1, 0.15) is 11.5 Å². The van der Waals surface area contributed by atoms with Crippen LogP contribution in [-0.2, 0) is 4.79 Å². The van der Waals surface area contributed by atoms with Crippen LogP contribution in [0.1, 0.15) is 47.0 Å². The molecule has 5 nitrogen and oxygen atoms in total. The van der Waals surface area contributed by atoms with Crippen LogP contribution in [0.25, 0.3) is 6.08 Å². The largest absolute Gasteiger partial charge is 0.465 e. The van der Waals surface area contributed by atoms with Crippen LogP contribution in [-0.4, -0.2) is 11.8 Å². The Morgan fingerprint density at radius 1 is 0.966 bits per heavy atom. The number of hydrogen-bond acceptors (Lipinski definition) is 3. The predicted octanol–water partition coefficient (Wildman–Crippen LogP) is 5.12. The van der Waals surface area contributed by atoms with Crippen molar-refractivity contribution in [1.82, 2.24) is 5.32 Å². The second-order valence-electron chi connectivity index (χ2n) is 7.04. The topological polar surface area (TPSA) is 71.3 Å². The number of carbonyl (C=O) groups is 2. The van der Waals surface area contributed by atoms with Gasteiger partial charge in [-0.25, -0.2) is 0 Å². The summed E-state index contributed by atoms with van der Waals surface area (Å²) in [5.41, 5.74) is 3.17. The summed E-state index contributed by atoms with van der Waals surface area (Å²) in [5.74, 6) is -0.0624. The zero-order valence-electron chi connectivity index (χ0n) is 16.7. The minimum atomic E-state index is -0.420. The molecular formula is C24H24N2O3. The van der Waals surface area contributed by atoms with Crippen LogP contribution in [0.3, 0.4) is 0 Å². The highest BCUT2D eigenvalue weighted by Crippen LogP contribution is 2.24. The van der Waals surface area contributed by atoms with Gasteiger partial charge in [-0.05, 0) is 48.2 Å². The number of furan rings is 1. The molecule has 3 aromatic rings. The molecule has 3 rings (SSSR count). The van der Waals surface area contributed by atoms with Crippen molar-refractivity contribution in [3.05, 3.63) is 95.1 Å². The van der Waals surface area contributed by atoms with Gasteiger partial charge >= 0.3 is 0 Å². The van der Waals surface area contributed by atoms with Crippen molar-refractivity contribution in [3.8, 4) is 0 Å². The van der Waals surface area contributed by atoms with Gasteiger partial charge in [0, 0.05) is 17.3 Å². The molecular weight excluding hydrogens is 364 g/mol. The molecule has 148 valence electrons. The molecule has 0 saturated heterocycles. The molecule has 0 unspecified atom stereocenters. The van der Waals surface area contributed by atoms with E-state index in [2.05, 4.69) is 24.5 Å². The zero-order valence-corrected chi connectivity index (χ0v) is 16.7. The number of amides is 2. The molecule has 0 saturated carbocycles. The van der Waals surface area contributed by atoms with E-state index in [0.29, 0.717) is 17.0 Å². The maximum absolute atomic E-state index is 13.0. The SMILES string of the molecule is Cc1ccccc1C(=O)N/C(=C\c1ccco1)C(=O)Nc1ccccc1C(C)C. The minimum absolute atomic E-state index is 0.103. The van der Waals surface area contributed by atoms with E-state index >= 15 is 0 Å². The van der Waals surface area contributed by atoms with E-state index in [4.69, 9.17) is 4.42 Å². The highest BCUT2D eigenvalue weighted by atomic mass is 16.3. The number of carbonyl (C=O) groups excluding carboxylic acids is 2. The second kappa shape index (κ2) is 9.06. The van der Waals surface area contributed by atoms with Gasteiger partial charge in [-0.3, -0.25) is 9.59 Å². The Balaban J connectivity index is 1.89. The monoisotopic (exact) mass is 388 g/mol. The number of nitrogens with one attached hydrogen (secondary N) is 2. The van der Waals surface area contributed by atoms with Gasteiger partial charge < -0.3 is 15.1 Å². The third kappa shape index (κ3) is 5.02. The summed E-state index contributed by atoms with van der Waals surface area (Å²) < 4.78 is 5.33. The molecule has 0 spiro atoms. The number of hydrogen-bond donors (Lipinski definition) is 2. The molecule has 0 radical (unpaired) electrons. The molecule has 0 atom stereocenters. The summed E-state index contributed by atoms with van der Waals surface area (Å²) >= 11 is 0. The van der Waals surface area contributed by atoms with Crippen molar-refractivity contribution in [3.63, 3.8) is 0 Å². The van der Waals surface area contributed by atoms with E-state index < -0.39 is 5.91 Å². The van der Waals surface area contributed by atoms with Crippen LogP contribution < -0.4 is 10.6 Å². The second-order valence-corrected chi connectivity index (χ2v) is 7.04. The van der Waals surface area contributed by atoms with E-state index in [9.17, 15) is 9.59 Å². The first-order valence-electron chi connectivity index (χ1n) is 9.48. The lowest BCUT2D eigenvalue weighted by Crippen LogP contribution is -2.31. The third-order valence-corrected chi connectivity index (χ3v) is 4.54. The number of anilines is 1. The fourth-order valence-corrected chi connectivity index (χ4v) is 3.00. The number of para-hydroxylation sites is 1. The number of rotatable bonds is 6. The maximum Gasteiger partial charge on any atom is 0.272 e. The van der Waals surface area contributed by atoms with Gasteiger partial charge in [0.15, 0.2) is 0 Å². The average molecular weight is 388 g/mol. The van der Waals surface area contributed by atoms with Crippen LogP contribution in [0.15, 0.2) is 77.0 Å². The molecule has 0 aliphatic heterocycles. The van der Waals surface area contributed by atoms with Crippen molar-refractivity contribution in [1.29, 1.82) is 0 Å². The summed E-state index contributed by atoms with van der Waals surface area (Å²) in [6.07, 6.45) is 3.03. The van der Waals surface area contributed by atoms with E-state index in [-0.39, 0.29) is 17.5 Å². The standard InChI is InChI=1S/C24H24N2O3/c1-16(2)19-11-6-7-13-21(19)25-24(28)22(15-18-10-8-14-29-18)26-23(27)20-12-5-4-9-17(20)3/h4-16H,1-3H3,(H,25,28)(H,26,27)/b22-15-. The van der Waals surface area contributed by atoms with Gasteiger partial charge in [-0.2, -0.15) is 0 Å². The lowest BCUT2D eigenvalue weighted by atomic mass is 10.0. The van der Waals surface area contributed by atoms with Crippen LogP contribution >= 0.6 is 0 Å². The molecule has 29 heavy (non-hydrogen) atoms. The van der Waals surface area contributed by atoms with E-state index in [0.717, 1.165) is 11.1 Å². The van der Waals surface area contributed by atoms with Crippen molar-refractivity contribution in [2.75, 3.05) is 5.32 Å². The minimum Gasteiger partial charge on any atom is -0.465 e. The van der Waals surface area contributed by atoms with E-state index in [1.165, 1.54) is 12.3 Å². The lowest BCUT2D eigenvalue weighted by molar-refractivity contribution is -0.113. The first-order chi connectivity index (χ1) is 14.0. The van der Waals surface area contributed by atoms with Gasteiger partial charge in [0.2, 0.25) is 0 Å². The smallest absolute Gasteiger partial charge is 0.272 e. The Morgan fingerprint density at radius 2 is 1.69 bits per heavy atom. The molecule has 1 heterocycles. The normalized spacial score (nSPS) is 11.4. The van der Waals surface area contributed by atoms with Crippen molar-refractivity contribution < 1.29 is 14.0 Å². The Bertz CT molecular complexity index is 1030. The van der Waals surface area contributed by atoms with E-state index in [1.807, 2.05) is 43.3 Å². The van der Waals surface area contributed by atoms with Gasteiger partial charge in [0.05, 0.1) is 6.26 Å². The average Bonchev–Trinajstić information content (AvgIpc) is 3.21. The molecule has 0 aliphatic rings. The van der Waals surface area contributed by atoms with Crippen molar-refractivity contribution >= 4 is 23.6 Å². The van der Waals surface area contributed by atoms with Crippen LogP contribution in [0.5, 0.6) is 0 Å². The lowest BCUT2D eigenvalue weighted by Gasteiger charge is -2.15. The summed E-state index contributed by atoms with van der Waals surface area (Å²) in [4.78, 5) is 25.8. The highest BCUT2D eigenvalue weighted by Gasteiger charge is 2.18. The molecule has 2 N–H and O–H groups in total. The molecule has 2 aromatic carbocycles. The highest BCUT2D eigenvalue weighted by molar-refractivity contribution is 6.11. The fraction of sp³-hybridized carbons (Fsp3) is 0.167. The first-order valence-corrected chi connectivity index (χ1v) is 9.48. The summed E-state index contributed by atoms with van der Waals surface area (Å²) in [6, 6.07) is 18.3. The van der Waals surface area contributed by atoms with Gasteiger partial charge in [-0.15, -0.1) is 0 Å². The van der Waals surface area contributed by atoms with Crippen LogP contribution in [0.2, 0.25) is 0 Å². The fourth-order valence-electron chi connectivity index (χ4n) is 3.00. The van der Waals surface area contributed by atoms with E-state index in [1.54, 1.807) is 24.3 Å². The van der Waals surface area contributed by atoms with Crippen LogP contribution in [0.4, 0.5) is 5.69 Å². The maximum atomic E-state index is 13.0. The summed E-state index contributed by atoms with van der Waals surface area (Å²) in [5, 5.41) is 5.64. The van der Waals surface area contributed by atoms with Crippen molar-refractivity contribution in [2.45, 2.75) is 26.7 Å². The third-order valence-electron chi connectivity index (χ3n) is 4.54. The molecule has 1 aromatic heterocycles. The first kappa shape index (κ1) is 20.1. The molecule has 0 fully saturated rings. The van der Waals surface area contributed by atoms with Crippen LogP contribution in [0, 0.1) is 6.92 Å². The van der Waals surface area contributed by atoms with Gasteiger partial charge in [-0.1, -0.05) is 50.2 Å². The molecule has 5 heteroatoms. The Kier molecular flexibility index (Phi) is 6.29. The number of aryl methyl sites for hydroxylation is 1. The summed E-state index contributed by atoms with van der Waals surface area (Å²) in [7, 11) is 0. The Hall–Kier alpha value is -3.60. The predicted molar refractivity (Wildman–Crippen MR) is 114 cm³/mol. The van der Waals surface area contributed by atoms with Crippen molar-refractivity contribution in [2.24, 2.45) is 0 Å². The summed E-state index contributed by atoms with van der Waals surface area (Å²) in [6.45, 7) is 5.97. The number of benzene rings is 2. The Morgan fingerprint density at radius 3 is 2.38 bits per heavy atom. The molecule has 2 amide bonds. The van der Waals surface area contributed by atoms with Gasteiger partial charge in [0.25, 0.3) is 11.8 Å². The molecule has 0 bridgehead atoms. The quantitative estimate of drug-likeness (QED) is 0.576.